The lowest BCUT2D eigenvalue weighted by molar-refractivity contribution is 0.309. The molecule has 4 nitrogen and oxygen atoms in total. The average molecular weight is 213 g/mol. The van der Waals surface area contributed by atoms with Crippen molar-refractivity contribution in [2.45, 2.75) is 25.2 Å². The van der Waals surface area contributed by atoms with Crippen molar-refractivity contribution in [3.8, 4) is 0 Å². The van der Waals surface area contributed by atoms with Crippen molar-refractivity contribution in [3.63, 3.8) is 0 Å². The van der Waals surface area contributed by atoms with Gasteiger partial charge in [0.2, 0.25) is 5.89 Å². The Morgan fingerprint density at radius 1 is 1.64 bits per heavy atom. The highest BCUT2D eigenvalue weighted by atomic mass is 32.2. The van der Waals surface area contributed by atoms with Crippen LogP contribution in [0.25, 0.3) is 0 Å². The van der Waals surface area contributed by atoms with Crippen LogP contribution in [0.3, 0.4) is 0 Å². The van der Waals surface area contributed by atoms with E-state index in [1.807, 2.05) is 11.8 Å². The van der Waals surface area contributed by atoms with Crippen LogP contribution in [0.1, 0.15) is 25.1 Å². The van der Waals surface area contributed by atoms with Crippen molar-refractivity contribution in [1.29, 1.82) is 0 Å². The second-order valence-electron chi connectivity index (χ2n) is 3.92. The molecule has 1 aliphatic heterocycles. The summed E-state index contributed by atoms with van der Waals surface area (Å²) in [6.07, 6.45) is 1.83. The van der Waals surface area contributed by atoms with Gasteiger partial charge in [-0.1, -0.05) is 5.16 Å². The summed E-state index contributed by atoms with van der Waals surface area (Å²) in [5, 5.41) is 3.92. The number of thioether (sulfide) groups is 1. The summed E-state index contributed by atoms with van der Waals surface area (Å²) in [6.45, 7) is 2.76. The molecule has 2 N–H and O–H groups in total. The maximum atomic E-state index is 5.43. The van der Waals surface area contributed by atoms with Crippen molar-refractivity contribution in [3.05, 3.63) is 11.7 Å². The first kappa shape index (κ1) is 9.98. The minimum absolute atomic E-state index is 0.0878. The number of hydrogen-bond acceptors (Lipinski definition) is 5. The molecule has 0 amide bonds. The maximum absolute atomic E-state index is 5.43. The van der Waals surface area contributed by atoms with Gasteiger partial charge in [0.05, 0.1) is 5.41 Å². The van der Waals surface area contributed by atoms with Gasteiger partial charge in [0.1, 0.15) is 0 Å². The molecule has 0 bridgehead atoms. The first-order valence-electron chi connectivity index (χ1n) is 4.85. The lowest BCUT2D eigenvalue weighted by Gasteiger charge is -2.15. The molecule has 0 saturated carbocycles. The lowest BCUT2D eigenvalue weighted by atomic mass is 9.90. The molecule has 1 unspecified atom stereocenters. The summed E-state index contributed by atoms with van der Waals surface area (Å²) >= 11 is 1.95. The number of nitrogens with two attached hydrogens (primary N) is 1. The minimum atomic E-state index is 0.0878. The highest BCUT2D eigenvalue weighted by Gasteiger charge is 2.36. The number of rotatable bonds is 3. The van der Waals surface area contributed by atoms with Crippen LogP contribution in [-0.4, -0.2) is 28.2 Å². The van der Waals surface area contributed by atoms with Crippen LogP contribution in [0.5, 0.6) is 0 Å². The predicted octanol–water partition coefficient (Wildman–Crippen LogP) is 0.965. The van der Waals surface area contributed by atoms with Crippen molar-refractivity contribution < 1.29 is 4.52 Å². The molecule has 0 aromatic carbocycles. The van der Waals surface area contributed by atoms with Crippen LogP contribution in [-0.2, 0) is 11.8 Å². The van der Waals surface area contributed by atoms with Gasteiger partial charge in [-0.05, 0) is 25.6 Å². The molecular formula is C9H15N3OS. The minimum Gasteiger partial charge on any atom is -0.339 e. The van der Waals surface area contributed by atoms with Crippen LogP contribution in [0.15, 0.2) is 4.52 Å². The van der Waals surface area contributed by atoms with E-state index in [0.717, 1.165) is 23.9 Å². The molecular weight excluding hydrogens is 198 g/mol. The zero-order chi connectivity index (χ0) is 10.0. The zero-order valence-corrected chi connectivity index (χ0v) is 9.14. The first-order valence-corrected chi connectivity index (χ1v) is 6.01. The Bertz CT molecular complexity index is 307. The molecule has 5 heteroatoms. The normalized spacial score (nSPS) is 27.0. The molecule has 0 aliphatic carbocycles. The summed E-state index contributed by atoms with van der Waals surface area (Å²) in [7, 11) is 0. The highest BCUT2D eigenvalue weighted by molar-refractivity contribution is 7.99. The number of aromatic nitrogens is 2. The van der Waals surface area contributed by atoms with E-state index in [4.69, 9.17) is 10.3 Å². The molecule has 2 heterocycles. The van der Waals surface area contributed by atoms with E-state index in [9.17, 15) is 0 Å². The summed E-state index contributed by atoms with van der Waals surface area (Å²) in [5.41, 5.74) is 5.52. The topological polar surface area (TPSA) is 64.9 Å². The fourth-order valence-electron chi connectivity index (χ4n) is 1.57. The monoisotopic (exact) mass is 213 g/mol. The van der Waals surface area contributed by atoms with Crippen LogP contribution in [0.4, 0.5) is 0 Å². The van der Waals surface area contributed by atoms with Crippen molar-refractivity contribution in [2.24, 2.45) is 5.73 Å². The molecule has 14 heavy (non-hydrogen) atoms. The third-order valence-corrected chi connectivity index (χ3v) is 3.91. The molecule has 78 valence electrons. The Labute approximate surface area is 87.6 Å². The van der Waals surface area contributed by atoms with Crippen molar-refractivity contribution in [1.82, 2.24) is 10.1 Å². The van der Waals surface area contributed by atoms with Crippen molar-refractivity contribution >= 4 is 11.8 Å². The SMILES string of the molecule is CC1(c2nc(CCN)no2)CCSC1. The van der Waals surface area contributed by atoms with Gasteiger partial charge in [0.15, 0.2) is 5.82 Å². The summed E-state index contributed by atoms with van der Waals surface area (Å²) < 4.78 is 5.27. The largest absolute Gasteiger partial charge is 0.339 e. The Balaban J connectivity index is 2.15. The fraction of sp³-hybridized carbons (Fsp3) is 0.778. The van der Waals surface area contributed by atoms with Gasteiger partial charge in [-0.3, -0.25) is 0 Å². The van der Waals surface area contributed by atoms with Crippen LogP contribution < -0.4 is 5.73 Å². The molecule has 1 fully saturated rings. The Morgan fingerprint density at radius 3 is 3.14 bits per heavy atom. The predicted molar refractivity (Wildman–Crippen MR) is 56.4 cm³/mol. The van der Waals surface area contributed by atoms with E-state index in [0.29, 0.717) is 13.0 Å². The molecule has 1 atom stereocenters. The van der Waals surface area contributed by atoms with Crippen LogP contribution in [0.2, 0.25) is 0 Å². The molecule has 1 saturated heterocycles. The van der Waals surface area contributed by atoms with E-state index in [1.54, 1.807) is 0 Å². The average Bonchev–Trinajstić information content (AvgIpc) is 2.75. The molecule has 1 aliphatic rings. The molecule has 1 aromatic heterocycles. The molecule has 0 spiro atoms. The van der Waals surface area contributed by atoms with Crippen LogP contribution in [0, 0.1) is 0 Å². The van der Waals surface area contributed by atoms with Gasteiger partial charge in [-0.25, -0.2) is 0 Å². The van der Waals surface area contributed by atoms with Crippen LogP contribution >= 0.6 is 11.8 Å². The molecule has 2 rings (SSSR count). The smallest absolute Gasteiger partial charge is 0.233 e. The Hall–Kier alpha value is -0.550. The summed E-state index contributed by atoms with van der Waals surface area (Å²) in [5.74, 6) is 3.79. The molecule has 0 radical (unpaired) electrons. The number of nitrogens with zero attached hydrogens (tertiary/aromatic N) is 2. The second-order valence-corrected chi connectivity index (χ2v) is 5.02. The molecule has 1 aromatic rings. The fourth-order valence-corrected chi connectivity index (χ4v) is 3.02. The first-order chi connectivity index (χ1) is 6.74. The Morgan fingerprint density at radius 2 is 2.50 bits per heavy atom. The van der Waals surface area contributed by atoms with E-state index >= 15 is 0 Å². The van der Waals surface area contributed by atoms with Crippen molar-refractivity contribution in [2.75, 3.05) is 18.1 Å². The second kappa shape index (κ2) is 3.90. The lowest BCUT2D eigenvalue weighted by Crippen LogP contribution is -2.21. The Kier molecular flexibility index (Phi) is 2.78. The van der Waals surface area contributed by atoms with E-state index in [1.165, 1.54) is 5.75 Å². The van der Waals surface area contributed by atoms with E-state index in [-0.39, 0.29) is 5.41 Å². The standard InChI is InChI=1S/C9H15N3OS/c1-9(3-5-14-6-9)8-11-7(2-4-10)12-13-8/h2-6,10H2,1H3. The van der Waals surface area contributed by atoms with Gasteiger partial charge >= 0.3 is 0 Å². The van der Waals surface area contributed by atoms with Gasteiger partial charge in [0.25, 0.3) is 0 Å². The van der Waals surface area contributed by atoms with E-state index in [2.05, 4.69) is 17.1 Å². The summed E-state index contributed by atoms with van der Waals surface area (Å²) in [6, 6.07) is 0. The summed E-state index contributed by atoms with van der Waals surface area (Å²) in [4.78, 5) is 4.38. The number of hydrogen-bond donors (Lipinski definition) is 1. The third kappa shape index (κ3) is 1.79. The van der Waals surface area contributed by atoms with Gasteiger partial charge < -0.3 is 10.3 Å². The highest BCUT2D eigenvalue weighted by Crippen LogP contribution is 2.37. The maximum Gasteiger partial charge on any atom is 0.233 e. The zero-order valence-electron chi connectivity index (χ0n) is 8.32. The van der Waals surface area contributed by atoms with Gasteiger partial charge in [-0.15, -0.1) is 0 Å². The van der Waals surface area contributed by atoms with Gasteiger partial charge in [-0.2, -0.15) is 16.7 Å². The van der Waals surface area contributed by atoms with E-state index < -0.39 is 0 Å². The quantitative estimate of drug-likeness (QED) is 0.810. The third-order valence-electron chi connectivity index (χ3n) is 2.57. The van der Waals surface area contributed by atoms with Gasteiger partial charge in [0, 0.05) is 12.2 Å².